The van der Waals surface area contributed by atoms with Gasteiger partial charge in [0.25, 0.3) is 0 Å². The van der Waals surface area contributed by atoms with Crippen molar-refractivity contribution in [1.82, 2.24) is 0 Å². The highest BCUT2D eigenvalue weighted by atomic mass is 32.2. The minimum Gasteiger partial charge on any atom is -0.478 e. The summed E-state index contributed by atoms with van der Waals surface area (Å²) in [7, 11) is -3.87. The molecule has 0 heterocycles. The number of anilines is 1. The number of esters is 1. The van der Waals surface area contributed by atoms with Crippen LogP contribution in [0.1, 0.15) is 12.5 Å². The van der Waals surface area contributed by atoms with Gasteiger partial charge in [0, 0.05) is 11.8 Å². The van der Waals surface area contributed by atoms with Crippen LogP contribution in [0.4, 0.5) is 5.69 Å². The van der Waals surface area contributed by atoms with Crippen LogP contribution in [0.15, 0.2) is 30.3 Å². The van der Waals surface area contributed by atoms with Crippen LogP contribution in [0.5, 0.6) is 0 Å². The van der Waals surface area contributed by atoms with E-state index in [1.807, 2.05) is 0 Å². The molecule has 0 saturated heterocycles. The Morgan fingerprint density at radius 1 is 1.38 bits per heavy atom. The van der Waals surface area contributed by atoms with Crippen LogP contribution in [-0.2, 0) is 24.3 Å². The van der Waals surface area contributed by atoms with Crippen molar-refractivity contribution in [2.24, 2.45) is 0 Å². The molecule has 0 saturated carbocycles. The molecule has 21 heavy (non-hydrogen) atoms. The van der Waals surface area contributed by atoms with E-state index in [0.29, 0.717) is 5.56 Å². The summed E-state index contributed by atoms with van der Waals surface area (Å²) in [6.07, 6.45) is 2.26. The lowest BCUT2D eigenvalue weighted by Crippen LogP contribution is -2.24. The van der Waals surface area contributed by atoms with Crippen LogP contribution >= 0.6 is 0 Å². The first-order valence-corrected chi connectivity index (χ1v) is 7.65. The van der Waals surface area contributed by atoms with Crippen LogP contribution in [0.3, 0.4) is 0 Å². The summed E-state index contributed by atoms with van der Waals surface area (Å²) in [5, 5.41) is 8.53. The number of benzene rings is 1. The van der Waals surface area contributed by atoms with E-state index in [-0.39, 0.29) is 12.3 Å². The van der Waals surface area contributed by atoms with E-state index >= 15 is 0 Å². The number of carbonyl (C=O) groups excluding carboxylic acids is 1. The number of aliphatic carboxylic acids is 1. The Bertz CT molecular complexity index is 650. The van der Waals surface area contributed by atoms with Gasteiger partial charge in [0.15, 0.2) is 5.75 Å². The third-order valence-corrected chi connectivity index (χ3v) is 3.35. The van der Waals surface area contributed by atoms with Gasteiger partial charge in [-0.2, -0.15) is 0 Å². The molecule has 8 heteroatoms. The summed E-state index contributed by atoms with van der Waals surface area (Å²) in [4.78, 5) is 21.6. The van der Waals surface area contributed by atoms with E-state index in [4.69, 9.17) is 5.11 Å². The van der Waals surface area contributed by atoms with E-state index in [1.54, 1.807) is 19.1 Å². The Morgan fingerprint density at radius 3 is 2.71 bits per heavy atom. The van der Waals surface area contributed by atoms with Gasteiger partial charge >= 0.3 is 11.9 Å². The molecule has 0 aliphatic heterocycles. The quantitative estimate of drug-likeness (QED) is 0.576. The summed E-state index contributed by atoms with van der Waals surface area (Å²) in [6, 6.07) is 6.11. The minimum atomic E-state index is -3.87. The number of carboxylic acid groups (broad SMARTS) is 1. The molecule has 0 amide bonds. The SMILES string of the molecule is CCOC(=O)CS(=O)(=O)Nc1cccc(/C=C/C(=O)O)c1. The zero-order valence-corrected chi connectivity index (χ0v) is 12.1. The smallest absolute Gasteiger partial charge is 0.328 e. The average molecular weight is 313 g/mol. The van der Waals surface area contributed by atoms with Gasteiger partial charge in [-0.15, -0.1) is 0 Å². The van der Waals surface area contributed by atoms with Crippen molar-refractivity contribution in [3.05, 3.63) is 35.9 Å². The van der Waals surface area contributed by atoms with Gasteiger partial charge < -0.3 is 9.84 Å². The molecule has 1 aromatic rings. The van der Waals surface area contributed by atoms with Gasteiger partial charge in [-0.05, 0) is 30.7 Å². The van der Waals surface area contributed by atoms with Crippen molar-refractivity contribution in [1.29, 1.82) is 0 Å². The maximum atomic E-state index is 11.7. The summed E-state index contributed by atoms with van der Waals surface area (Å²) in [5.41, 5.74) is 0.737. The molecule has 0 unspecified atom stereocenters. The highest BCUT2D eigenvalue weighted by Gasteiger charge is 2.17. The van der Waals surface area contributed by atoms with Crippen LogP contribution in [0.2, 0.25) is 0 Å². The average Bonchev–Trinajstić information content (AvgIpc) is 2.35. The molecular formula is C13H15NO6S. The van der Waals surface area contributed by atoms with E-state index in [1.165, 1.54) is 18.2 Å². The molecule has 0 atom stereocenters. The first-order chi connectivity index (χ1) is 9.82. The Morgan fingerprint density at radius 2 is 2.10 bits per heavy atom. The molecule has 0 fully saturated rings. The maximum absolute atomic E-state index is 11.7. The van der Waals surface area contributed by atoms with Crippen LogP contribution in [0.25, 0.3) is 6.08 Å². The number of hydrogen-bond donors (Lipinski definition) is 2. The number of nitrogens with one attached hydrogen (secondary N) is 1. The Labute approximate surface area is 122 Å². The topological polar surface area (TPSA) is 110 Å². The van der Waals surface area contributed by atoms with Crippen molar-refractivity contribution < 1.29 is 27.9 Å². The second kappa shape index (κ2) is 7.44. The fourth-order valence-electron chi connectivity index (χ4n) is 1.45. The zero-order chi connectivity index (χ0) is 15.9. The molecule has 0 radical (unpaired) electrons. The largest absolute Gasteiger partial charge is 0.478 e. The van der Waals surface area contributed by atoms with Gasteiger partial charge in [-0.3, -0.25) is 9.52 Å². The van der Waals surface area contributed by atoms with E-state index < -0.39 is 27.7 Å². The highest BCUT2D eigenvalue weighted by Crippen LogP contribution is 2.13. The van der Waals surface area contributed by atoms with Gasteiger partial charge in [0.1, 0.15) is 0 Å². The number of ether oxygens (including phenoxy) is 1. The second-order valence-corrected chi connectivity index (χ2v) is 5.69. The lowest BCUT2D eigenvalue weighted by molar-refractivity contribution is -0.140. The van der Waals surface area contributed by atoms with Crippen molar-refractivity contribution >= 4 is 33.7 Å². The second-order valence-electron chi connectivity index (χ2n) is 3.96. The lowest BCUT2D eigenvalue weighted by atomic mass is 10.2. The van der Waals surface area contributed by atoms with Crippen molar-refractivity contribution in [2.75, 3.05) is 17.1 Å². The minimum absolute atomic E-state index is 0.101. The number of carbonyl (C=O) groups is 2. The van der Waals surface area contributed by atoms with E-state index in [2.05, 4.69) is 9.46 Å². The molecule has 7 nitrogen and oxygen atoms in total. The molecule has 0 aliphatic rings. The zero-order valence-electron chi connectivity index (χ0n) is 11.3. The number of rotatable bonds is 7. The van der Waals surface area contributed by atoms with Crippen molar-refractivity contribution in [3.8, 4) is 0 Å². The molecule has 1 rings (SSSR count). The number of sulfonamides is 1. The molecule has 0 bridgehead atoms. The fourth-order valence-corrected chi connectivity index (χ4v) is 2.40. The predicted molar refractivity (Wildman–Crippen MR) is 77.2 cm³/mol. The Hall–Kier alpha value is -2.35. The van der Waals surface area contributed by atoms with Crippen molar-refractivity contribution in [3.63, 3.8) is 0 Å². The van der Waals surface area contributed by atoms with Crippen LogP contribution in [-0.4, -0.2) is 37.8 Å². The molecule has 114 valence electrons. The molecule has 1 aromatic carbocycles. The van der Waals surface area contributed by atoms with Gasteiger partial charge in [0.2, 0.25) is 10.0 Å². The summed E-state index contributed by atoms with van der Waals surface area (Å²) >= 11 is 0. The third kappa shape index (κ3) is 6.57. The predicted octanol–water partition coefficient (Wildman–Crippen LogP) is 1.09. The summed E-state index contributed by atoms with van der Waals surface area (Å²) in [5.74, 6) is -2.73. The Kier molecular flexibility index (Phi) is 5.92. The summed E-state index contributed by atoms with van der Waals surface area (Å²) < 4.78 is 30.3. The first kappa shape index (κ1) is 16.7. The van der Waals surface area contributed by atoms with Gasteiger partial charge in [-0.25, -0.2) is 13.2 Å². The fraction of sp³-hybridized carbons (Fsp3) is 0.231. The molecule has 0 aliphatic carbocycles. The summed E-state index contributed by atoms with van der Waals surface area (Å²) in [6.45, 7) is 1.68. The van der Waals surface area contributed by atoms with Crippen LogP contribution < -0.4 is 4.72 Å². The maximum Gasteiger partial charge on any atom is 0.328 e. The Balaban J connectivity index is 2.80. The lowest BCUT2D eigenvalue weighted by Gasteiger charge is -2.08. The monoisotopic (exact) mass is 313 g/mol. The highest BCUT2D eigenvalue weighted by molar-refractivity contribution is 7.93. The van der Waals surface area contributed by atoms with Gasteiger partial charge in [0.05, 0.1) is 6.61 Å². The van der Waals surface area contributed by atoms with Gasteiger partial charge in [-0.1, -0.05) is 12.1 Å². The van der Waals surface area contributed by atoms with Crippen LogP contribution in [0, 0.1) is 0 Å². The van der Waals surface area contributed by atoms with E-state index in [9.17, 15) is 18.0 Å². The van der Waals surface area contributed by atoms with Crippen molar-refractivity contribution in [2.45, 2.75) is 6.92 Å². The number of hydrogen-bond acceptors (Lipinski definition) is 5. The van der Waals surface area contributed by atoms with E-state index in [0.717, 1.165) is 6.08 Å². The standard InChI is InChI=1S/C13H15NO6S/c1-2-20-13(17)9-21(18,19)14-11-5-3-4-10(8-11)6-7-12(15)16/h3-8,14H,2,9H2,1H3,(H,15,16)/b7-6+. The third-order valence-electron chi connectivity index (χ3n) is 2.19. The number of carboxylic acids is 1. The molecule has 2 N–H and O–H groups in total. The molecule has 0 aromatic heterocycles. The normalized spacial score (nSPS) is 11.3. The molecular weight excluding hydrogens is 298 g/mol. The molecule has 0 spiro atoms. The first-order valence-electron chi connectivity index (χ1n) is 5.99.